The second kappa shape index (κ2) is 3.54. The molecule has 0 aliphatic carbocycles. The molecule has 0 atom stereocenters. The highest BCUT2D eigenvalue weighted by Gasteiger charge is 2.04. The fourth-order valence-corrected chi connectivity index (χ4v) is 1.18. The molecule has 1 aromatic rings. The minimum Gasteiger partial charge on any atom is -0.304 e. The molecule has 0 aromatic carbocycles. The zero-order chi connectivity index (χ0) is 9.14. The summed E-state index contributed by atoms with van der Waals surface area (Å²) in [6, 6.07) is 3.85. The molecule has 0 spiro atoms. The van der Waals surface area contributed by atoms with Gasteiger partial charge in [-0.15, -0.1) is 0 Å². The molecule has 0 unspecified atom stereocenters. The highest BCUT2D eigenvalue weighted by Crippen LogP contribution is 2.03. The van der Waals surface area contributed by atoms with Crippen LogP contribution >= 0.6 is 0 Å². The summed E-state index contributed by atoms with van der Waals surface area (Å²) < 4.78 is 1.67. The van der Waals surface area contributed by atoms with E-state index in [1.807, 2.05) is 31.1 Å². The van der Waals surface area contributed by atoms with Crippen molar-refractivity contribution in [1.82, 2.24) is 9.47 Å². The van der Waals surface area contributed by atoms with E-state index in [4.69, 9.17) is 0 Å². The molecule has 66 valence electrons. The maximum atomic E-state index is 11.1. The Morgan fingerprint density at radius 2 is 2.25 bits per heavy atom. The summed E-state index contributed by atoms with van der Waals surface area (Å²) >= 11 is 0. The van der Waals surface area contributed by atoms with Crippen molar-refractivity contribution in [2.45, 2.75) is 13.5 Å². The van der Waals surface area contributed by atoms with E-state index in [0.29, 0.717) is 0 Å². The maximum absolute atomic E-state index is 11.1. The van der Waals surface area contributed by atoms with Crippen molar-refractivity contribution in [2.24, 2.45) is 0 Å². The van der Waals surface area contributed by atoms with Crippen LogP contribution in [-0.2, 0) is 6.54 Å². The van der Waals surface area contributed by atoms with Crippen LogP contribution < -0.4 is 0 Å². The Morgan fingerprint density at radius 3 is 2.75 bits per heavy atom. The summed E-state index contributed by atoms with van der Waals surface area (Å²) in [5, 5.41) is 0. The van der Waals surface area contributed by atoms with Gasteiger partial charge >= 0.3 is 0 Å². The van der Waals surface area contributed by atoms with E-state index in [9.17, 15) is 4.79 Å². The average molecular weight is 166 g/mol. The van der Waals surface area contributed by atoms with E-state index in [2.05, 4.69) is 0 Å². The first-order valence-electron chi connectivity index (χ1n) is 3.93. The Hall–Kier alpha value is -1.09. The summed E-state index contributed by atoms with van der Waals surface area (Å²) in [6.07, 6.45) is 1.79. The van der Waals surface area contributed by atoms with E-state index < -0.39 is 0 Å². The van der Waals surface area contributed by atoms with Gasteiger partial charge in [0.1, 0.15) is 0 Å². The molecule has 0 saturated carbocycles. The quantitative estimate of drug-likeness (QED) is 0.659. The van der Waals surface area contributed by atoms with Gasteiger partial charge in [-0.3, -0.25) is 9.36 Å². The van der Waals surface area contributed by atoms with Gasteiger partial charge in [-0.2, -0.15) is 0 Å². The molecule has 0 saturated heterocycles. The highest BCUT2D eigenvalue weighted by atomic mass is 16.1. The summed E-state index contributed by atoms with van der Waals surface area (Å²) in [6.45, 7) is 2.37. The van der Waals surface area contributed by atoms with Gasteiger partial charge in [0, 0.05) is 25.4 Å². The summed E-state index contributed by atoms with van der Waals surface area (Å²) in [5.74, 6) is 0.0665. The minimum atomic E-state index is 0.0665. The number of carbonyl (C=O) groups excluding carboxylic acids is 1. The zero-order valence-electron chi connectivity index (χ0n) is 7.74. The fourth-order valence-electron chi connectivity index (χ4n) is 1.18. The summed E-state index contributed by atoms with van der Waals surface area (Å²) in [4.78, 5) is 13.1. The van der Waals surface area contributed by atoms with Crippen LogP contribution in [0.1, 0.15) is 17.4 Å². The number of hydrogen-bond donors (Lipinski definition) is 0. The largest absolute Gasteiger partial charge is 0.304 e. The van der Waals surface area contributed by atoms with Crippen molar-refractivity contribution in [3.63, 3.8) is 0 Å². The molecule has 0 amide bonds. The van der Waals surface area contributed by atoms with Crippen LogP contribution in [-0.4, -0.2) is 29.5 Å². The molecule has 0 aliphatic rings. The second-order valence-corrected chi connectivity index (χ2v) is 3.13. The SMILES string of the molecule is CC(=O)n1cccc1CN(C)C. The molecule has 0 aliphatic heterocycles. The lowest BCUT2D eigenvalue weighted by Gasteiger charge is -2.10. The van der Waals surface area contributed by atoms with E-state index in [1.165, 1.54) is 0 Å². The van der Waals surface area contributed by atoms with Crippen LogP contribution in [0.3, 0.4) is 0 Å². The smallest absolute Gasteiger partial charge is 0.227 e. The number of rotatable bonds is 2. The first kappa shape index (κ1) is 9.00. The summed E-state index contributed by atoms with van der Waals surface area (Å²) in [5.41, 5.74) is 1.03. The fraction of sp³-hybridized carbons (Fsp3) is 0.444. The first-order chi connectivity index (χ1) is 5.61. The van der Waals surface area contributed by atoms with Gasteiger partial charge in [0.2, 0.25) is 5.91 Å². The van der Waals surface area contributed by atoms with Crippen molar-refractivity contribution in [1.29, 1.82) is 0 Å². The van der Waals surface area contributed by atoms with Crippen LogP contribution in [0.4, 0.5) is 0 Å². The number of carbonyl (C=O) groups is 1. The monoisotopic (exact) mass is 166 g/mol. The Morgan fingerprint density at radius 1 is 1.58 bits per heavy atom. The van der Waals surface area contributed by atoms with E-state index in [0.717, 1.165) is 12.2 Å². The van der Waals surface area contributed by atoms with E-state index >= 15 is 0 Å². The molecule has 1 rings (SSSR count). The zero-order valence-corrected chi connectivity index (χ0v) is 7.74. The number of aromatic nitrogens is 1. The molecule has 1 aromatic heterocycles. The molecule has 3 nitrogen and oxygen atoms in total. The molecular formula is C9H14N2O. The van der Waals surface area contributed by atoms with Gasteiger partial charge in [-0.1, -0.05) is 0 Å². The molecule has 0 N–H and O–H groups in total. The van der Waals surface area contributed by atoms with E-state index in [1.54, 1.807) is 17.7 Å². The Kier molecular flexibility index (Phi) is 2.65. The van der Waals surface area contributed by atoms with Gasteiger partial charge < -0.3 is 4.90 Å². The lowest BCUT2D eigenvalue weighted by molar-refractivity contribution is 0.0931. The van der Waals surface area contributed by atoms with Crippen molar-refractivity contribution in [3.05, 3.63) is 24.0 Å². The third-order valence-electron chi connectivity index (χ3n) is 1.65. The summed E-state index contributed by atoms with van der Waals surface area (Å²) in [7, 11) is 3.97. The molecular weight excluding hydrogens is 152 g/mol. The van der Waals surface area contributed by atoms with Crippen LogP contribution in [0, 0.1) is 0 Å². The molecule has 0 bridgehead atoms. The lowest BCUT2D eigenvalue weighted by atomic mass is 10.4. The Bertz CT molecular complexity index is 276. The van der Waals surface area contributed by atoms with Crippen LogP contribution in [0.2, 0.25) is 0 Å². The third kappa shape index (κ3) is 1.95. The predicted octanol–water partition coefficient (Wildman–Crippen LogP) is 1.21. The molecule has 1 heterocycles. The topological polar surface area (TPSA) is 25.2 Å². The van der Waals surface area contributed by atoms with Crippen molar-refractivity contribution in [3.8, 4) is 0 Å². The third-order valence-corrected chi connectivity index (χ3v) is 1.65. The van der Waals surface area contributed by atoms with Gasteiger partial charge in [0.15, 0.2) is 0 Å². The van der Waals surface area contributed by atoms with Crippen LogP contribution in [0.25, 0.3) is 0 Å². The number of nitrogens with zero attached hydrogens (tertiary/aromatic N) is 2. The standard InChI is InChI=1S/C9H14N2O/c1-8(12)11-6-4-5-9(11)7-10(2)3/h4-6H,7H2,1-3H3. The van der Waals surface area contributed by atoms with Gasteiger partial charge in [-0.25, -0.2) is 0 Å². The number of hydrogen-bond acceptors (Lipinski definition) is 2. The molecule has 3 heteroatoms. The molecule has 0 radical (unpaired) electrons. The Labute approximate surface area is 72.6 Å². The predicted molar refractivity (Wildman–Crippen MR) is 48.1 cm³/mol. The van der Waals surface area contributed by atoms with Crippen molar-refractivity contribution >= 4 is 5.91 Å². The van der Waals surface area contributed by atoms with Crippen molar-refractivity contribution in [2.75, 3.05) is 14.1 Å². The van der Waals surface area contributed by atoms with E-state index in [-0.39, 0.29) is 5.91 Å². The average Bonchev–Trinajstić information content (AvgIpc) is 2.33. The van der Waals surface area contributed by atoms with Crippen LogP contribution in [0.15, 0.2) is 18.3 Å². The van der Waals surface area contributed by atoms with Gasteiger partial charge in [0.25, 0.3) is 0 Å². The minimum absolute atomic E-state index is 0.0665. The van der Waals surface area contributed by atoms with Crippen LogP contribution in [0.5, 0.6) is 0 Å². The molecule has 0 fully saturated rings. The van der Waals surface area contributed by atoms with Gasteiger partial charge in [0.05, 0.1) is 0 Å². The normalized spacial score (nSPS) is 10.7. The first-order valence-corrected chi connectivity index (χ1v) is 3.93. The second-order valence-electron chi connectivity index (χ2n) is 3.13. The lowest BCUT2D eigenvalue weighted by Crippen LogP contribution is -2.16. The van der Waals surface area contributed by atoms with Crippen molar-refractivity contribution < 1.29 is 4.79 Å². The molecule has 12 heavy (non-hydrogen) atoms. The Balaban J connectivity index is 2.84. The van der Waals surface area contributed by atoms with Gasteiger partial charge in [-0.05, 0) is 26.2 Å². The highest BCUT2D eigenvalue weighted by molar-refractivity contribution is 5.77. The maximum Gasteiger partial charge on any atom is 0.227 e.